The molecular formula is C10H11NO. The zero-order valence-electron chi connectivity index (χ0n) is 7.08. The summed E-state index contributed by atoms with van der Waals surface area (Å²) in [4.78, 5) is 0. The van der Waals surface area contributed by atoms with Gasteiger partial charge in [-0.05, 0) is 17.5 Å². The van der Waals surface area contributed by atoms with Gasteiger partial charge >= 0.3 is 0 Å². The molecule has 1 aromatic rings. The molecule has 0 bridgehead atoms. The van der Waals surface area contributed by atoms with Crippen LogP contribution in [0.5, 0.6) is 0 Å². The van der Waals surface area contributed by atoms with Crippen LogP contribution in [-0.4, -0.2) is 0 Å². The Hall–Kier alpha value is -1.49. The normalized spacial score (nSPS) is 9.00. The molecule has 0 aromatic heterocycles. The minimum Gasteiger partial charge on any atom is -0.423 e. The minimum absolute atomic E-state index is 0.379. The monoisotopic (exact) mass is 161 g/mol. The number of hydrogen-bond acceptors (Lipinski definition) is 2. The first-order valence-corrected chi connectivity index (χ1v) is 3.95. The van der Waals surface area contributed by atoms with E-state index in [1.54, 1.807) is 6.26 Å². The minimum atomic E-state index is 0.379. The Morgan fingerprint density at radius 3 is 2.83 bits per heavy atom. The van der Waals surface area contributed by atoms with Crippen LogP contribution >= 0.6 is 0 Å². The van der Waals surface area contributed by atoms with Crippen LogP contribution in [-0.2, 0) is 17.8 Å². The summed E-state index contributed by atoms with van der Waals surface area (Å²) in [6, 6.07) is 8.05. The summed E-state index contributed by atoms with van der Waals surface area (Å²) in [5.74, 6) is 0. The van der Waals surface area contributed by atoms with Gasteiger partial charge in [0.1, 0.15) is 6.61 Å². The molecule has 1 aromatic carbocycles. The number of benzene rings is 1. The van der Waals surface area contributed by atoms with Crippen LogP contribution in [0.1, 0.15) is 18.1 Å². The van der Waals surface area contributed by atoms with Crippen LogP contribution in [0.2, 0.25) is 0 Å². The third-order valence-corrected chi connectivity index (χ3v) is 1.70. The van der Waals surface area contributed by atoms with Crippen molar-refractivity contribution in [2.75, 3.05) is 0 Å². The largest absolute Gasteiger partial charge is 0.423 e. The lowest BCUT2D eigenvalue weighted by Crippen LogP contribution is -1.88. The molecule has 0 spiro atoms. The van der Waals surface area contributed by atoms with Crippen LogP contribution in [0.15, 0.2) is 24.3 Å². The van der Waals surface area contributed by atoms with E-state index in [1.165, 1.54) is 5.56 Å². The van der Waals surface area contributed by atoms with Crippen molar-refractivity contribution in [3.63, 3.8) is 0 Å². The Kier molecular flexibility index (Phi) is 3.16. The van der Waals surface area contributed by atoms with Crippen molar-refractivity contribution in [1.82, 2.24) is 0 Å². The summed E-state index contributed by atoms with van der Waals surface area (Å²) in [5.41, 5.74) is 2.32. The molecule has 0 aliphatic carbocycles. The second kappa shape index (κ2) is 4.40. The van der Waals surface area contributed by atoms with Crippen molar-refractivity contribution in [3.05, 3.63) is 35.4 Å². The summed E-state index contributed by atoms with van der Waals surface area (Å²) in [7, 11) is 0. The van der Waals surface area contributed by atoms with E-state index in [0.717, 1.165) is 12.0 Å². The fourth-order valence-corrected chi connectivity index (χ4v) is 1.05. The van der Waals surface area contributed by atoms with Gasteiger partial charge in [0, 0.05) is 0 Å². The fraction of sp³-hybridized carbons (Fsp3) is 0.300. The standard InChI is InChI=1S/C10H11NO/c1-2-9-4-3-5-10(6-9)7-12-8-11/h3-6H,2,7H2,1H3. The van der Waals surface area contributed by atoms with Crippen LogP contribution < -0.4 is 0 Å². The highest BCUT2D eigenvalue weighted by Crippen LogP contribution is 2.06. The van der Waals surface area contributed by atoms with Gasteiger partial charge in [0.05, 0.1) is 0 Å². The predicted molar refractivity (Wildman–Crippen MR) is 46.2 cm³/mol. The maximum Gasteiger partial charge on any atom is 0.286 e. The summed E-state index contributed by atoms with van der Waals surface area (Å²) in [6.45, 7) is 2.48. The van der Waals surface area contributed by atoms with Crippen molar-refractivity contribution in [2.24, 2.45) is 0 Å². The molecule has 0 fully saturated rings. The Bertz CT molecular complexity index is 288. The van der Waals surface area contributed by atoms with Crippen LogP contribution in [0.4, 0.5) is 0 Å². The fourth-order valence-electron chi connectivity index (χ4n) is 1.05. The molecule has 1 rings (SSSR count). The first kappa shape index (κ1) is 8.61. The average Bonchev–Trinajstić information content (AvgIpc) is 2.15. The van der Waals surface area contributed by atoms with Crippen LogP contribution in [0.25, 0.3) is 0 Å². The van der Waals surface area contributed by atoms with Gasteiger partial charge < -0.3 is 4.74 Å². The van der Waals surface area contributed by atoms with E-state index in [2.05, 4.69) is 23.8 Å². The summed E-state index contributed by atoms with van der Waals surface area (Å²) >= 11 is 0. The molecule has 0 amide bonds. The molecule has 62 valence electrons. The van der Waals surface area contributed by atoms with Crippen LogP contribution in [0.3, 0.4) is 0 Å². The highest BCUT2D eigenvalue weighted by atomic mass is 16.5. The quantitative estimate of drug-likeness (QED) is 0.637. The molecule has 0 aliphatic rings. The molecule has 0 unspecified atom stereocenters. The summed E-state index contributed by atoms with van der Waals surface area (Å²) < 4.78 is 4.62. The van der Waals surface area contributed by atoms with Crippen LogP contribution in [0, 0.1) is 11.5 Å². The number of aryl methyl sites for hydroxylation is 1. The number of nitriles is 1. The van der Waals surface area contributed by atoms with Gasteiger partial charge in [-0.15, -0.1) is 0 Å². The molecular weight excluding hydrogens is 150 g/mol. The third kappa shape index (κ3) is 2.28. The maximum absolute atomic E-state index is 8.18. The van der Waals surface area contributed by atoms with Gasteiger partial charge in [0.2, 0.25) is 0 Å². The average molecular weight is 161 g/mol. The summed E-state index contributed by atoms with van der Waals surface area (Å²) in [5, 5.41) is 8.18. The Labute approximate surface area is 72.4 Å². The lowest BCUT2D eigenvalue weighted by Gasteiger charge is -2.00. The van der Waals surface area contributed by atoms with E-state index < -0.39 is 0 Å². The van der Waals surface area contributed by atoms with Gasteiger partial charge in [0.15, 0.2) is 0 Å². The van der Waals surface area contributed by atoms with E-state index in [0.29, 0.717) is 6.61 Å². The van der Waals surface area contributed by atoms with Gasteiger partial charge in [-0.25, -0.2) is 0 Å². The van der Waals surface area contributed by atoms with Gasteiger partial charge in [-0.3, -0.25) is 0 Å². The molecule has 2 nitrogen and oxygen atoms in total. The van der Waals surface area contributed by atoms with Crippen molar-refractivity contribution in [2.45, 2.75) is 20.0 Å². The SMILES string of the molecule is CCc1cccc(COC#N)c1. The topological polar surface area (TPSA) is 33.0 Å². The molecule has 0 heterocycles. The Balaban J connectivity index is 2.67. The van der Waals surface area contributed by atoms with E-state index in [-0.39, 0.29) is 0 Å². The first-order valence-electron chi connectivity index (χ1n) is 3.95. The predicted octanol–water partition coefficient (Wildman–Crippen LogP) is 2.25. The molecule has 0 atom stereocenters. The van der Waals surface area contributed by atoms with Gasteiger partial charge in [0.25, 0.3) is 6.26 Å². The van der Waals surface area contributed by atoms with Gasteiger partial charge in [-0.1, -0.05) is 31.2 Å². The Morgan fingerprint density at radius 2 is 2.17 bits per heavy atom. The molecule has 0 N–H and O–H groups in total. The lowest BCUT2D eigenvalue weighted by molar-refractivity contribution is 0.257. The van der Waals surface area contributed by atoms with Crippen molar-refractivity contribution < 1.29 is 4.74 Å². The third-order valence-electron chi connectivity index (χ3n) is 1.70. The first-order chi connectivity index (χ1) is 5.86. The van der Waals surface area contributed by atoms with E-state index in [9.17, 15) is 0 Å². The van der Waals surface area contributed by atoms with Crippen molar-refractivity contribution in [3.8, 4) is 6.26 Å². The van der Waals surface area contributed by atoms with Crippen molar-refractivity contribution in [1.29, 1.82) is 5.26 Å². The molecule has 0 saturated heterocycles. The van der Waals surface area contributed by atoms with E-state index in [4.69, 9.17) is 5.26 Å². The molecule has 0 radical (unpaired) electrons. The number of rotatable bonds is 3. The summed E-state index contributed by atoms with van der Waals surface area (Å²) in [6.07, 6.45) is 2.67. The van der Waals surface area contributed by atoms with E-state index in [1.807, 2.05) is 12.1 Å². The zero-order valence-corrected chi connectivity index (χ0v) is 7.08. The molecule has 12 heavy (non-hydrogen) atoms. The van der Waals surface area contributed by atoms with Gasteiger partial charge in [-0.2, -0.15) is 5.26 Å². The number of nitrogens with zero attached hydrogens (tertiary/aromatic N) is 1. The lowest BCUT2D eigenvalue weighted by atomic mass is 10.1. The molecule has 2 heteroatoms. The second-order valence-corrected chi connectivity index (χ2v) is 2.55. The number of hydrogen-bond donors (Lipinski definition) is 0. The maximum atomic E-state index is 8.18. The highest BCUT2D eigenvalue weighted by Gasteiger charge is 1.93. The smallest absolute Gasteiger partial charge is 0.286 e. The Morgan fingerprint density at radius 1 is 1.42 bits per heavy atom. The van der Waals surface area contributed by atoms with Crippen molar-refractivity contribution >= 4 is 0 Å². The van der Waals surface area contributed by atoms with E-state index >= 15 is 0 Å². The number of ether oxygens (including phenoxy) is 1. The highest BCUT2D eigenvalue weighted by molar-refractivity contribution is 5.22. The second-order valence-electron chi connectivity index (χ2n) is 2.55. The molecule has 0 aliphatic heterocycles. The molecule has 0 saturated carbocycles. The zero-order chi connectivity index (χ0) is 8.81.